The molecule has 1 N–H and O–H groups in total. The molecule has 0 amide bonds. The van der Waals surface area contributed by atoms with E-state index in [0.29, 0.717) is 22.7 Å². The fourth-order valence-corrected chi connectivity index (χ4v) is 3.37. The van der Waals surface area contributed by atoms with Crippen molar-refractivity contribution >= 4 is 22.7 Å². The first-order chi connectivity index (χ1) is 12.4. The van der Waals surface area contributed by atoms with E-state index in [4.69, 9.17) is 0 Å². The van der Waals surface area contributed by atoms with E-state index in [2.05, 4.69) is 4.98 Å². The van der Waals surface area contributed by atoms with E-state index in [0.717, 1.165) is 5.56 Å². The van der Waals surface area contributed by atoms with Crippen LogP contribution in [0.2, 0.25) is 0 Å². The number of hydrogen-bond donors (Lipinski definition) is 1. The number of halogens is 3. The maximum atomic E-state index is 12.8. The maximum absolute atomic E-state index is 12.8. The molecule has 3 rings (SSSR count). The van der Waals surface area contributed by atoms with Crippen molar-refractivity contribution < 1.29 is 18.3 Å². The molecular weight excluding hydrogens is 365 g/mol. The number of para-hydroxylation sites is 1. The van der Waals surface area contributed by atoms with Gasteiger partial charge in [-0.15, -0.1) is 0 Å². The summed E-state index contributed by atoms with van der Waals surface area (Å²) >= 11 is 0.712. The highest BCUT2D eigenvalue weighted by atomic mass is 32.2. The Morgan fingerprint density at radius 1 is 1.08 bits per heavy atom. The standard InChI is InChI=1S/C18H15F3N2O2S/c19-18(20,21)15(24)11-26-17-22-14-9-5-4-8-13(14)16(25)23(17)10-12-6-2-1-3-7-12/h1-9,15,24H,10-11H2. The number of thioether (sulfide) groups is 1. The SMILES string of the molecule is O=c1c2ccccc2nc(SCC(O)C(F)(F)F)n1Cc1ccccc1. The lowest BCUT2D eigenvalue weighted by Crippen LogP contribution is -2.31. The number of aromatic nitrogens is 2. The minimum atomic E-state index is -4.71. The molecule has 26 heavy (non-hydrogen) atoms. The number of alkyl halides is 3. The van der Waals surface area contributed by atoms with E-state index in [1.54, 1.807) is 24.3 Å². The van der Waals surface area contributed by atoms with Gasteiger partial charge in [-0.2, -0.15) is 13.2 Å². The monoisotopic (exact) mass is 380 g/mol. The van der Waals surface area contributed by atoms with Crippen molar-refractivity contribution in [3.8, 4) is 0 Å². The second kappa shape index (κ2) is 7.51. The largest absolute Gasteiger partial charge is 0.415 e. The van der Waals surface area contributed by atoms with Crippen LogP contribution in [0.1, 0.15) is 5.56 Å². The number of nitrogens with zero attached hydrogens (tertiary/aromatic N) is 2. The summed E-state index contributed by atoms with van der Waals surface area (Å²) in [7, 11) is 0. The van der Waals surface area contributed by atoms with Crippen molar-refractivity contribution in [2.75, 3.05) is 5.75 Å². The third-order valence-corrected chi connectivity index (χ3v) is 4.81. The third kappa shape index (κ3) is 4.08. The molecule has 1 aromatic heterocycles. The molecule has 0 aliphatic carbocycles. The fraction of sp³-hybridized carbons (Fsp3) is 0.222. The zero-order chi connectivity index (χ0) is 18.7. The van der Waals surface area contributed by atoms with Crippen molar-refractivity contribution in [2.24, 2.45) is 0 Å². The molecule has 8 heteroatoms. The first-order valence-electron chi connectivity index (χ1n) is 7.77. The Kier molecular flexibility index (Phi) is 5.33. The molecule has 1 unspecified atom stereocenters. The molecule has 0 radical (unpaired) electrons. The number of rotatable bonds is 5. The van der Waals surface area contributed by atoms with Crippen LogP contribution >= 0.6 is 11.8 Å². The zero-order valence-electron chi connectivity index (χ0n) is 13.5. The van der Waals surface area contributed by atoms with Crippen molar-refractivity contribution in [3.05, 3.63) is 70.5 Å². The Balaban J connectivity index is 2.01. The molecule has 4 nitrogen and oxygen atoms in total. The molecule has 0 bridgehead atoms. The molecule has 2 aromatic carbocycles. The third-order valence-electron chi connectivity index (χ3n) is 3.76. The average molecular weight is 380 g/mol. The second-order valence-electron chi connectivity index (χ2n) is 5.66. The predicted octanol–water partition coefficient (Wildman–Crippen LogP) is 3.46. The number of hydrogen-bond acceptors (Lipinski definition) is 4. The van der Waals surface area contributed by atoms with Gasteiger partial charge >= 0.3 is 6.18 Å². The molecule has 136 valence electrons. The summed E-state index contributed by atoms with van der Waals surface area (Å²) in [6, 6.07) is 15.8. The van der Waals surface area contributed by atoms with E-state index in [-0.39, 0.29) is 17.3 Å². The van der Waals surface area contributed by atoms with Gasteiger partial charge in [-0.3, -0.25) is 9.36 Å². The van der Waals surface area contributed by atoms with E-state index >= 15 is 0 Å². The minimum Gasteiger partial charge on any atom is -0.383 e. The Labute approximate surface area is 151 Å². The Bertz CT molecular complexity index is 958. The fourth-order valence-electron chi connectivity index (χ4n) is 2.41. The van der Waals surface area contributed by atoms with Crippen LogP contribution in [0.5, 0.6) is 0 Å². The second-order valence-corrected chi connectivity index (χ2v) is 6.64. The van der Waals surface area contributed by atoms with Gasteiger partial charge in [0, 0.05) is 5.75 Å². The number of fused-ring (bicyclic) bond motifs is 1. The molecule has 1 atom stereocenters. The highest BCUT2D eigenvalue weighted by molar-refractivity contribution is 7.99. The number of aliphatic hydroxyl groups excluding tert-OH is 1. The van der Waals surface area contributed by atoms with Crippen molar-refractivity contribution in [1.82, 2.24) is 9.55 Å². The van der Waals surface area contributed by atoms with E-state index in [9.17, 15) is 23.1 Å². The van der Waals surface area contributed by atoms with Crippen LogP contribution in [0, 0.1) is 0 Å². The van der Waals surface area contributed by atoms with Gasteiger partial charge in [0.25, 0.3) is 5.56 Å². The summed E-state index contributed by atoms with van der Waals surface area (Å²) in [6.07, 6.45) is -7.20. The van der Waals surface area contributed by atoms with Crippen LogP contribution < -0.4 is 5.56 Å². The summed E-state index contributed by atoms with van der Waals surface area (Å²) < 4.78 is 39.1. The van der Waals surface area contributed by atoms with Crippen LogP contribution in [-0.2, 0) is 6.54 Å². The number of aliphatic hydroxyl groups is 1. The predicted molar refractivity (Wildman–Crippen MR) is 94.3 cm³/mol. The van der Waals surface area contributed by atoms with Crippen LogP contribution in [0.4, 0.5) is 13.2 Å². The highest BCUT2D eigenvalue weighted by Gasteiger charge is 2.38. The van der Waals surface area contributed by atoms with Crippen LogP contribution in [0.25, 0.3) is 10.9 Å². The molecule has 0 saturated carbocycles. The Morgan fingerprint density at radius 2 is 1.73 bits per heavy atom. The van der Waals surface area contributed by atoms with Gasteiger partial charge in [0.2, 0.25) is 0 Å². The molecule has 3 aromatic rings. The van der Waals surface area contributed by atoms with Gasteiger partial charge in [0.15, 0.2) is 11.3 Å². The van der Waals surface area contributed by atoms with Gasteiger partial charge in [-0.05, 0) is 17.7 Å². The molecule has 0 saturated heterocycles. The molecule has 0 aliphatic rings. The van der Waals surface area contributed by atoms with E-state index < -0.39 is 18.0 Å². The molecule has 1 heterocycles. The van der Waals surface area contributed by atoms with Gasteiger partial charge in [0.05, 0.1) is 17.4 Å². The van der Waals surface area contributed by atoms with E-state index in [1.165, 1.54) is 4.57 Å². The molecular formula is C18H15F3N2O2S. The minimum absolute atomic E-state index is 0.140. The maximum Gasteiger partial charge on any atom is 0.415 e. The highest BCUT2D eigenvalue weighted by Crippen LogP contribution is 2.26. The zero-order valence-corrected chi connectivity index (χ0v) is 14.3. The Hall–Kier alpha value is -2.32. The summed E-state index contributed by atoms with van der Waals surface area (Å²) in [5.41, 5.74) is 0.902. The smallest absolute Gasteiger partial charge is 0.383 e. The normalized spacial score (nSPS) is 13.1. The summed E-state index contributed by atoms with van der Waals surface area (Å²) in [5.74, 6) is -0.636. The van der Waals surface area contributed by atoms with E-state index in [1.807, 2.05) is 30.3 Å². The molecule has 0 spiro atoms. The first kappa shape index (κ1) is 18.5. The summed E-state index contributed by atoms with van der Waals surface area (Å²) in [5, 5.41) is 9.78. The summed E-state index contributed by atoms with van der Waals surface area (Å²) in [4.78, 5) is 17.2. The molecule has 0 aliphatic heterocycles. The van der Waals surface area contributed by atoms with Gasteiger partial charge in [-0.25, -0.2) is 4.98 Å². The van der Waals surface area contributed by atoms with Gasteiger partial charge in [-0.1, -0.05) is 54.2 Å². The van der Waals surface area contributed by atoms with Crippen LogP contribution in [-0.4, -0.2) is 32.7 Å². The first-order valence-corrected chi connectivity index (χ1v) is 8.76. The van der Waals surface area contributed by atoms with Gasteiger partial charge in [0.1, 0.15) is 0 Å². The van der Waals surface area contributed by atoms with Gasteiger partial charge < -0.3 is 5.11 Å². The van der Waals surface area contributed by atoms with Crippen LogP contribution in [0.15, 0.2) is 64.5 Å². The van der Waals surface area contributed by atoms with Crippen molar-refractivity contribution in [3.63, 3.8) is 0 Å². The number of benzene rings is 2. The lowest BCUT2D eigenvalue weighted by atomic mass is 10.2. The van der Waals surface area contributed by atoms with Crippen molar-refractivity contribution in [2.45, 2.75) is 24.0 Å². The Morgan fingerprint density at radius 3 is 2.42 bits per heavy atom. The van der Waals surface area contributed by atoms with Crippen LogP contribution in [0.3, 0.4) is 0 Å². The van der Waals surface area contributed by atoms with Crippen molar-refractivity contribution in [1.29, 1.82) is 0 Å². The quantitative estimate of drug-likeness (QED) is 0.544. The topological polar surface area (TPSA) is 55.1 Å². The molecule has 0 fully saturated rings. The lowest BCUT2D eigenvalue weighted by Gasteiger charge is -2.16. The summed E-state index contributed by atoms with van der Waals surface area (Å²) in [6.45, 7) is 0.182. The lowest BCUT2D eigenvalue weighted by molar-refractivity contribution is -0.195. The average Bonchev–Trinajstić information content (AvgIpc) is 2.62.